The van der Waals surface area contributed by atoms with Crippen molar-refractivity contribution in [3.8, 4) is 0 Å². The van der Waals surface area contributed by atoms with Gasteiger partial charge in [-0.2, -0.15) is 0 Å². The predicted octanol–water partition coefficient (Wildman–Crippen LogP) is 1.78. The van der Waals surface area contributed by atoms with Gasteiger partial charge in [-0.05, 0) is 30.2 Å². The van der Waals surface area contributed by atoms with Gasteiger partial charge in [0, 0.05) is 19.5 Å². The van der Waals surface area contributed by atoms with Crippen LogP contribution in [-0.4, -0.2) is 36.1 Å². The molecule has 21 heavy (non-hydrogen) atoms. The lowest BCUT2D eigenvalue weighted by Gasteiger charge is -2.26. The maximum absolute atomic E-state index is 11.7. The Kier molecular flexibility index (Phi) is 6.84. The van der Waals surface area contributed by atoms with Crippen molar-refractivity contribution in [1.82, 2.24) is 10.6 Å². The second-order valence-corrected chi connectivity index (χ2v) is 6.92. The molecule has 0 radical (unpaired) electrons. The molecule has 1 unspecified atom stereocenters. The number of hydrogen-bond acceptors (Lipinski definition) is 4. The number of carbonyl (C=O) groups is 2. The first-order valence-corrected chi connectivity index (χ1v) is 7.94. The van der Waals surface area contributed by atoms with Crippen molar-refractivity contribution in [2.24, 2.45) is 5.41 Å². The Morgan fingerprint density at radius 3 is 2.67 bits per heavy atom. The summed E-state index contributed by atoms with van der Waals surface area (Å²) >= 11 is 1.37. The first kappa shape index (κ1) is 17.7. The second-order valence-electron chi connectivity index (χ2n) is 5.98. The van der Waals surface area contributed by atoms with Gasteiger partial charge in [0.15, 0.2) is 0 Å². The van der Waals surface area contributed by atoms with Crippen molar-refractivity contribution in [3.05, 3.63) is 22.4 Å². The van der Waals surface area contributed by atoms with E-state index in [0.29, 0.717) is 24.4 Å². The maximum atomic E-state index is 11.7. The standard InChI is InChI=1S/C15H24N2O3S/c1-11(18)9-15(2,3)10-17-13(19)6-7-16-14(20)12-5-4-8-21-12/h4-5,8,11,18H,6-7,9-10H2,1-3H3,(H,16,20)(H,17,19). The number of aliphatic hydroxyl groups excluding tert-OH is 1. The number of amides is 2. The molecule has 1 heterocycles. The summed E-state index contributed by atoms with van der Waals surface area (Å²) in [5, 5.41) is 16.8. The van der Waals surface area contributed by atoms with Crippen LogP contribution >= 0.6 is 11.3 Å². The third-order valence-corrected chi connectivity index (χ3v) is 3.86. The molecule has 0 aromatic carbocycles. The lowest BCUT2D eigenvalue weighted by Crippen LogP contribution is -2.37. The molecule has 2 amide bonds. The van der Waals surface area contributed by atoms with Gasteiger partial charge in [0.25, 0.3) is 5.91 Å². The van der Waals surface area contributed by atoms with Gasteiger partial charge in [-0.3, -0.25) is 9.59 Å². The Bertz CT molecular complexity index is 455. The zero-order valence-electron chi connectivity index (χ0n) is 12.8. The van der Waals surface area contributed by atoms with Gasteiger partial charge in [0.2, 0.25) is 5.91 Å². The van der Waals surface area contributed by atoms with Crippen molar-refractivity contribution in [1.29, 1.82) is 0 Å². The van der Waals surface area contributed by atoms with Gasteiger partial charge < -0.3 is 15.7 Å². The van der Waals surface area contributed by atoms with Crippen LogP contribution in [0.1, 0.15) is 43.3 Å². The highest BCUT2D eigenvalue weighted by Crippen LogP contribution is 2.20. The molecule has 0 saturated heterocycles. The third kappa shape index (κ3) is 7.24. The van der Waals surface area contributed by atoms with Crippen LogP contribution in [0.25, 0.3) is 0 Å². The molecule has 3 N–H and O–H groups in total. The van der Waals surface area contributed by atoms with Gasteiger partial charge in [-0.15, -0.1) is 11.3 Å². The molecular weight excluding hydrogens is 288 g/mol. The number of rotatable bonds is 8. The highest BCUT2D eigenvalue weighted by molar-refractivity contribution is 7.12. The summed E-state index contributed by atoms with van der Waals surface area (Å²) in [6.07, 6.45) is 0.492. The quantitative estimate of drug-likeness (QED) is 0.684. The monoisotopic (exact) mass is 312 g/mol. The zero-order chi connectivity index (χ0) is 15.9. The molecule has 1 aromatic rings. The summed E-state index contributed by atoms with van der Waals surface area (Å²) in [7, 11) is 0. The predicted molar refractivity (Wildman–Crippen MR) is 84.4 cm³/mol. The second kappa shape index (κ2) is 8.14. The van der Waals surface area contributed by atoms with Crippen molar-refractivity contribution in [3.63, 3.8) is 0 Å². The maximum Gasteiger partial charge on any atom is 0.261 e. The van der Waals surface area contributed by atoms with Gasteiger partial charge in [0.1, 0.15) is 0 Å². The summed E-state index contributed by atoms with van der Waals surface area (Å²) in [5.74, 6) is -0.243. The number of nitrogens with one attached hydrogen (secondary N) is 2. The van der Waals surface area contributed by atoms with E-state index in [-0.39, 0.29) is 29.8 Å². The third-order valence-electron chi connectivity index (χ3n) is 2.99. The molecular formula is C15H24N2O3S. The van der Waals surface area contributed by atoms with Gasteiger partial charge in [-0.25, -0.2) is 0 Å². The molecule has 0 aliphatic rings. The molecule has 0 saturated carbocycles. The molecule has 0 aliphatic carbocycles. The minimum absolute atomic E-state index is 0.0971. The van der Waals surface area contributed by atoms with E-state index in [1.165, 1.54) is 11.3 Å². The molecule has 118 valence electrons. The summed E-state index contributed by atoms with van der Waals surface area (Å²) in [6, 6.07) is 3.56. The Morgan fingerprint density at radius 2 is 2.10 bits per heavy atom. The van der Waals surface area contributed by atoms with Crippen molar-refractivity contribution < 1.29 is 14.7 Å². The summed E-state index contributed by atoms with van der Waals surface area (Å²) in [5.41, 5.74) is -0.149. The van der Waals surface area contributed by atoms with Crippen molar-refractivity contribution in [2.75, 3.05) is 13.1 Å². The van der Waals surface area contributed by atoms with Crippen LogP contribution in [0.15, 0.2) is 17.5 Å². The molecule has 0 spiro atoms. The number of thiophene rings is 1. The zero-order valence-corrected chi connectivity index (χ0v) is 13.6. The first-order valence-electron chi connectivity index (χ1n) is 7.06. The minimum atomic E-state index is -0.387. The number of aliphatic hydroxyl groups is 1. The van der Waals surface area contributed by atoms with Crippen LogP contribution < -0.4 is 10.6 Å². The number of hydrogen-bond donors (Lipinski definition) is 3. The van der Waals surface area contributed by atoms with E-state index in [0.717, 1.165) is 0 Å². The SMILES string of the molecule is CC(O)CC(C)(C)CNC(=O)CCNC(=O)c1cccs1. The van der Waals surface area contributed by atoms with E-state index in [1.807, 2.05) is 25.3 Å². The topological polar surface area (TPSA) is 78.4 Å². The molecule has 5 nitrogen and oxygen atoms in total. The lowest BCUT2D eigenvalue weighted by atomic mass is 9.87. The fourth-order valence-electron chi connectivity index (χ4n) is 2.08. The largest absolute Gasteiger partial charge is 0.393 e. The van der Waals surface area contributed by atoms with Gasteiger partial charge in [-0.1, -0.05) is 19.9 Å². The number of carbonyl (C=O) groups excluding carboxylic acids is 2. The van der Waals surface area contributed by atoms with E-state index in [1.54, 1.807) is 13.0 Å². The average Bonchev–Trinajstić information content (AvgIpc) is 2.88. The van der Waals surface area contributed by atoms with Crippen LogP contribution in [0.3, 0.4) is 0 Å². The van der Waals surface area contributed by atoms with E-state index >= 15 is 0 Å². The van der Waals surface area contributed by atoms with Gasteiger partial charge >= 0.3 is 0 Å². The normalized spacial score (nSPS) is 12.8. The Morgan fingerprint density at radius 1 is 1.38 bits per heavy atom. The van der Waals surface area contributed by atoms with Crippen molar-refractivity contribution >= 4 is 23.2 Å². The van der Waals surface area contributed by atoms with E-state index < -0.39 is 0 Å². The van der Waals surface area contributed by atoms with Crippen LogP contribution in [0.2, 0.25) is 0 Å². The average molecular weight is 312 g/mol. The van der Waals surface area contributed by atoms with Crippen LogP contribution in [0.4, 0.5) is 0 Å². The first-order chi connectivity index (χ1) is 9.80. The summed E-state index contributed by atoms with van der Waals surface area (Å²) in [4.78, 5) is 24.0. The van der Waals surface area contributed by atoms with E-state index in [2.05, 4.69) is 10.6 Å². The fraction of sp³-hybridized carbons (Fsp3) is 0.600. The molecule has 0 bridgehead atoms. The highest BCUT2D eigenvalue weighted by Gasteiger charge is 2.21. The van der Waals surface area contributed by atoms with Gasteiger partial charge in [0.05, 0.1) is 11.0 Å². The molecule has 1 atom stereocenters. The Hall–Kier alpha value is -1.40. The summed E-state index contributed by atoms with van der Waals surface area (Å²) < 4.78 is 0. The highest BCUT2D eigenvalue weighted by atomic mass is 32.1. The van der Waals surface area contributed by atoms with Crippen LogP contribution in [0.5, 0.6) is 0 Å². The Labute approximate surface area is 129 Å². The van der Waals surface area contributed by atoms with E-state index in [9.17, 15) is 14.7 Å². The molecule has 0 aliphatic heterocycles. The fourth-order valence-corrected chi connectivity index (χ4v) is 2.72. The molecule has 6 heteroatoms. The van der Waals surface area contributed by atoms with Crippen molar-refractivity contribution in [2.45, 2.75) is 39.7 Å². The van der Waals surface area contributed by atoms with E-state index in [4.69, 9.17) is 0 Å². The smallest absolute Gasteiger partial charge is 0.261 e. The molecule has 1 aromatic heterocycles. The lowest BCUT2D eigenvalue weighted by molar-refractivity contribution is -0.121. The van der Waals surface area contributed by atoms with Crippen LogP contribution in [0, 0.1) is 5.41 Å². The Balaban J connectivity index is 2.21. The molecule has 0 fully saturated rings. The van der Waals surface area contributed by atoms with Crippen LogP contribution in [-0.2, 0) is 4.79 Å². The summed E-state index contributed by atoms with van der Waals surface area (Å²) in [6.45, 7) is 6.57. The molecule has 1 rings (SSSR count). The minimum Gasteiger partial charge on any atom is -0.393 e.